The normalized spacial score (nSPS) is 12.2. The van der Waals surface area contributed by atoms with Gasteiger partial charge in [-0.25, -0.2) is 8.42 Å². The molecule has 0 radical (unpaired) electrons. The standard InChI is InChI=1S/C37H42BrN3O4S/c1-27(2)24-39-37(43)35(23-29-11-7-5-8-12-29)40(25-30-15-19-32(38)20-16-30)36(42)26-41(33-21-17-31(18-22-33)28(3)4)46(44,45)34-13-9-6-10-14-34/h5-22,27-28,35H,23-26H2,1-4H3,(H,39,43). The van der Waals surface area contributed by atoms with Gasteiger partial charge in [0.15, 0.2) is 0 Å². The second-order valence-corrected chi connectivity index (χ2v) is 14.8. The Hall–Kier alpha value is -3.95. The Kier molecular flexibility index (Phi) is 12.2. The summed E-state index contributed by atoms with van der Waals surface area (Å²) >= 11 is 3.47. The average molecular weight is 705 g/mol. The molecule has 242 valence electrons. The highest BCUT2D eigenvalue weighted by Gasteiger charge is 2.34. The summed E-state index contributed by atoms with van der Waals surface area (Å²) in [5.41, 5.74) is 3.12. The summed E-state index contributed by atoms with van der Waals surface area (Å²) in [7, 11) is -4.14. The summed E-state index contributed by atoms with van der Waals surface area (Å²) in [5, 5.41) is 3.02. The molecule has 0 saturated heterocycles. The number of rotatable bonds is 14. The summed E-state index contributed by atoms with van der Waals surface area (Å²) < 4.78 is 30.3. The van der Waals surface area contributed by atoms with Crippen molar-refractivity contribution in [3.05, 3.63) is 130 Å². The minimum Gasteiger partial charge on any atom is -0.354 e. The predicted molar refractivity (Wildman–Crippen MR) is 188 cm³/mol. The van der Waals surface area contributed by atoms with E-state index in [1.54, 1.807) is 30.3 Å². The highest BCUT2D eigenvalue weighted by atomic mass is 79.9. The third-order valence-electron chi connectivity index (χ3n) is 7.68. The predicted octanol–water partition coefficient (Wildman–Crippen LogP) is 7.18. The van der Waals surface area contributed by atoms with Crippen LogP contribution in [-0.2, 0) is 32.6 Å². The zero-order valence-electron chi connectivity index (χ0n) is 26.8. The van der Waals surface area contributed by atoms with Gasteiger partial charge >= 0.3 is 0 Å². The van der Waals surface area contributed by atoms with Crippen LogP contribution in [-0.4, -0.2) is 44.3 Å². The van der Waals surface area contributed by atoms with Gasteiger partial charge < -0.3 is 10.2 Å². The van der Waals surface area contributed by atoms with Crippen LogP contribution in [0, 0.1) is 5.92 Å². The first-order valence-corrected chi connectivity index (χ1v) is 17.7. The molecule has 0 bridgehead atoms. The fraction of sp³-hybridized carbons (Fsp3) is 0.297. The Morgan fingerprint density at radius 2 is 1.35 bits per heavy atom. The molecule has 0 saturated carbocycles. The molecule has 0 aliphatic carbocycles. The SMILES string of the molecule is CC(C)CNC(=O)C(Cc1ccccc1)N(Cc1ccc(Br)cc1)C(=O)CN(c1ccc(C(C)C)cc1)S(=O)(=O)c1ccccc1. The van der Waals surface area contributed by atoms with Crippen molar-refractivity contribution in [3.8, 4) is 0 Å². The lowest BCUT2D eigenvalue weighted by molar-refractivity contribution is -0.140. The molecule has 2 amide bonds. The molecule has 0 aromatic heterocycles. The maximum absolute atomic E-state index is 14.6. The lowest BCUT2D eigenvalue weighted by atomic mass is 10.0. The summed E-state index contributed by atoms with van der Waals surface area (Å²) in [6, 6.07) is 31.5. The molecule has 1 unspecified atom stereocenters. The van der Waals surface area contributed by atoms with E-state index < -0.39 is 28.5 Å². The number of nitrogens with zero attached hydrogens (tertiary/aromatic N) is 2. The van der Waals surface area contributed by atoms with Crippen molar-refractivity contribution >= 4 is 43.5 Å². The van der Waals surface area contributed by atoms with Crippen LogP contribution < -0.4 is 9.62 Å². The zero-order valence-corrected chi connectivity index (χ0v) is 29.2. The molecule has 4 aromatic rings. The molecule has 0 aliphatic heterocycles. The van der Waals surface area contributed by atoms with Gasteiger partial charge in [0.2, 0.25) is 11.8 Å². The van der Waals surface area contributed by atoms with Crippen LogP contribution >= 0.6 is 15.9 Å². The molecule has 1 N–H and O–H groups in total. The molecule has 1 atom stereocenters. The van der Waals surface area contributed by atoms with Gasteiger partial charge in [0.25, 0.3) is 10.0 Å². The summed E-state index contributed by atoms with van der Waals surface area (Å²) in [4.78, 5) is 30.0. The van der Waals surface area contributed by atoms with Crippen molar-refractivity contribution < 1.29 is 18.0 Å². The van der Waals surface area contributed by atoms with E-state index in [0.29, 0.717) is 12.2 Å². The van der Waals surface area contributed by atoms with E-state index in [9.17, 15) is 18.0 Å². The number of hydrogen-bond donors (Lipinski definition) is 1. The maximum atomic E-state index is 14.6. The average Bonchev–Trinajstić information content (AvgIpc) is 3.05. The van der Waals surface area contributed by atoms with Crippen LogP contribution in [0.15, 0.2) is 119 Å². The number of carbonyl (C=O) groups excluding carboxylic acids is 2. The first-order valence-electron chi connectivity index (χ1n) is 15.5. The fourth-order valence-electron chi connectivity index (χ4n) is 5.04. The second-order valence-electron chi connectivity index (χ2n) is 12.1. The first-order chi connectivity index (χ1) is 22.0. The monoisotopic (exact) mass is 703 g/mol. The molecule has 0 fully saturated rings. The van der Waals surface area contributed by atoms with E-state index in [0.717, 1.165) is 25.5 Å². The van der Waals surface area contributed by atoms with Crippen molar-refractivity contribution in [2.45, 2.75) is 57.5 Å². The number of benzene rings is 4. The van der Waals surface area contributed by atoms with Crippen LogP contribution in [0.4, 0.5) is 5.69 Å². The van der Waals surface area contributed by atoms with E-state index in [4.69, 9.17) is 0 Å². The molecule has 7 nitrogen and oxygen atoms in total. The van der Waals surface area contributed by atoms with Crippen molar-refractivity contribution in [3.63, 3.8) is 0 Å². The van der Waals surface area contributed by atoms with Crippen LogP contribution in [0.1, 0.15) is 50.3 Å². The highest BCUT2D eigenvalue weighted by molar-refractivity contribution is 9.10. The zero-order chi connectivity index (χ0) is 33.3. The van der Waals surface area contributed by atoms with E-state index in [1.165, 1.54) is 17.0 Å². The molecule has 9 heteroatoms. The topological polar surface area (TPSA) is 86.8 Å². The van der Waals surface area contributed by atoms with Crippen LogP contribution in [0.2, 0.25) is 0 Å². The Labute approximate surface area is 281 Å². The number of carbonyl (C=O) groups is 2. The summed E-state index contributed by atoms with van der Waals surface area (Å²) in [5.74, 6) is -0.325. The summed E-state index contributed by atoms with van der Waals surface area (Å²) in [6.07, 6.45) is 0.265. The second kappa shape index (κ2) is 16.1. The van der Waals surface area contributed by atoms with Crippen molar-refractivity contribution in [2.24, 2.45) is 5.92 Å². The van der Waals surface area contributed by atoms with Crippen molar-refractivity contribution in [1.82, 2.24) is 10.2 Å². The Morgan fingerprint density at radius 1 is 0.761 bits per heavy atom. The quantitative estimate of drug-likeness (QED) is 0.151. The summed E-state index contributed by atoms with van der Waals surface area (Å²) in [6.45, 7) is 8.22. The smallest absolute Gasteiger partial charge is 0.264 e. The van der Waals surface area contributed by atoms with Crippen LogP contribution in [0.5, 0.6) is 0 Å². The van der Waals surface area contributed by atoms with Crippen molar-refractivity contribution in [1.29, 1.82) is 0 Å². The minimum absolute atomic E-state index is 0.0747. The van der Waals surface area contributed by atoms with E-state index in [1.807, 2.05) is 80.6 Å². The van der Waals surface area contributed by atoms with Crippen LogP contribution in [0.3, 0.4) is 0 Å². The van der Waals surface area contributed by atoms with Gasteiger partial charge in [-0.05, 0) is 64.9 Å². The molecule has 46 heavy (non-hydrogen) atoms. The van der Waals surface area contributed by atoms with Gasteiger partial charge in [-0.15, -0.1) is 0 Å². The number of nitrogens with one attached hydrogen (secondary N) is 1. The largest absolute Gasteiger partial charge is 0.354 e. The van der Waals surface area contributed by atoms with E-state index >= 15 is 0 Å². The number of amides is 2. The van der Waals surface area contributed by atoms with Crippen LogP contribution in [0.25, 0.3) is 0 Å². The lowest BCUT2D eigenvalue weighted by Gasteiger charge is -2.34. The van der Waals surface area contributed by atoms with Crippen molar-refractivity contribution in [2.75, 3.05) is 17.4 Å². The highest BCUT2D eigenvalue weighted by Crippen LogP contribution is 2.27. The number of halogens is 1. The Bertz CT molecular complexity index is 1680. The molecule has 4 rings (SSSR count). The Morgan fingerprint density at radius 3 is 1.91 bits per heavy atom. The number of hydrogen-bond acceptors (Lipinski definition) is 4. The van der Waals surface area contributed by atoms with E-state index in [2.05, 4.69) is 35.1 Å². The third kappa shape index (κ3) is 9.30. The molecule has 4 aromatic carbocycles. The Balaban J connectivity index is 1.79. The van der Waals surface area contributed by atoms with Gasteiger partial charge in [-0.3, -0.25) is 13.9 Å². The van der Waals surface area contributed by atoms with Gasteiger partial charge in [-0.2, -0.15) is 0 Å². The molecular weight excluding hydrogens is 662 g/mol. The van der Waals surface area contributed by atoms with Gasteiger partial charge in [0.05, 0.1) is 10.6 Å². The first kappa shape index (κ1) is 34.9. The van der Waals surface area contributed by atoms with Gasteiger partial charge in [0.1, 0.15) is 12.6 Å². The molecule has 0 aliphatic rings. The minimum atomic E-state index is -4.14. The van der Waals surface area contributed by atoms with Gasteiger partial charge in [0, 0.05) is 24.0 Å². The molecule has 0 heterocycles. The molecule has 0 spiro atoms. The number of anilines is 1. The van der Waals surface area contributed by atoms with E-state index in [-0.39, 0.29) is 35.6 Å². The third-order valence-corrected chi connectivity index (χ3v) is 10.00. The molecular formula is C37H42BrN3O4S. The maximum Gasteiger partial charge on any atom is 0.264 e. The number of sulfonamides is 1. The lowest BCUT2D eigenvalue weighted by Crippen LogP contribution is -2.53. The van der Waals surface area contributed by atoms with Gasteiger partial charge in [-0.1, -0.05) is 116 Å². The fourth-order valence-corrected chi connectivity index (χ4v) is 6.74.